The van der Waals surface area contributed by atoms with Crippen molar-refractivity contribution in [2.75, 3.05) is 0 Å². The van der Waals surface area contributed by atoms with E-state index in [-0.39, 0.29) is 16.8 Å². The number of nitriles is 3. The average Bonchev–Trinajstić information content (AvgIpc) is 3.01. The molecule has 0 amide bonds. The number of allylic oxidation sites excluding steroid dienone is 2. The molecule has 1 aromatic heterocycles. The van der Waals surface area contributed by atoms with Gasteiger partial charge in [-0.3, -0.25) is 0 Å². The van der Waals surface area contributed by atoms with Crippen LogP contribution in [0.15, 0.2) is 51.6 Å². The van der Waals surface area contributed by atoms with Gasteiger partial charge in [0, 0.05) is 21.7 Å². The molecule has 2 N–H and O–H groups in total. The van der Waals surface area contributed by atoms with Gasteiger partial charge in [-0.2, -0.15) is 15.8 Å². The number of hydrogen-bond donors (Lipinski definition) is 1. The van der Waals surface area contributed by atoms with E-state index in [4.69, 9.17) is 49.1 Å². The lowest BCUT2D eigenvalue weighted by atomic mass is 10.1. The van der Waals surface area contributed by atoms with Gasteiger partial charge >= 0.3 is 0 Å². The highest BCUT2D eigenvalue weighted by Gasteiger charge is 2.10. The second-order valence-corrected chi connectivity index (χ2v) is 5.42. The van der Waals surface area contributed by atoms with Crippen molar-refractivity contribution in [1.82, 2.24) is 0 Å². The van der Waals surface area contributed by atoms with Gasteiger partial charge in [0.05, 0.1) is 11.3 Å². The van der Waals surface area contributed by atoms with Crippen LogP contribution in [0.5, 0.6) is 0 Å². The predicted molar refractivity (Wildman–Crippen MR) is 90.2 cm³/mol. The van der Waals surface area contributed by atoms with Crippen LogP contribution in [0.25, 0.3) is 17.4 Å². The van der Waals surface area contributed by atoms with Crippen molar-refractivity contribution in [2.24, 2.45) is 5.73 Å². The Balaban J connectivity index is 2.44. The molecule has 116 valence electrons. The van der Waals surface area contributed by atoms with Crippen LogP contribution >= 0.6 is 23.2 Å². The summed E-state index contributed by atoms with van der Waals surface area (Å²) >= 11 is 11.9. The summed E-state index contributed by atoms with van der Waals surface area (Å²) < 4.78 is 5.62. The van der Waals surface area contributed by atoms with Gasteiger partial charge < -0.3 is 10.2 Å². The Labute approximate surface area is 148 Å². The summed E-state index contributed by atoms with van der Waals surface area (Å²) in [4.78, 5) is 0. The average molecular weight is 355 g/mol. The molecule has 2 rings (SSSR count). The molecular weight excluding hydrogens is 347 g/mol. The molecule has 0 atom stereocenters. The highest BCUT2D eigenvalue weighted by molar-refractivity contribution is 6.35. The van der Waals surface area contributed by atoms with E-state index < -0.39 is 0 Å². The number of furan rings is 1. The molecule has 24 heavy (non-hydrogen) atoms. The summed E-state index contributed by atoms with van der Waals surface area (Å²) in [6, 6.07) is 13.4. The second kappa shape index (κ2) is 7.40. The van der Waals surface area contributed by atoms with Crippen LogP contribution in [0.3, 0.4) is 0 Å². The van der Waals surface area contributed by atoms with E-state index in [1.807, 2.05) is 6.07 Å². The zero-order valence-corrected chi connectivity index (χ0v) is 13.6. The maximum Gasteiger partial charge on any atom is 0.153 e. The number of nitrogens with two attached hydrogens (primary N) is 1. The molecule has 0 fully saturated rings. The van der Waals surface area contributed by atoms with Gasteiger partial charge in [-0.15, -0.1) is 0 Å². The molecule has 0 saturated carbocycles. The van der Waals surface area contributed by atoms with Crippen molar-refractivity contribution >= 4 is 29.3 Å². The van der Waals surface area contributed by atoms with Gasteiger partial charge in [0.2, 0.25) is 0 Å². The Bertz CT molecular complexity index is 945. The summed E-state index contributed by atoms with van der Waals surface area (Å²) in [5.74, 6) is 0.821. The lowest BCUT2D eigenvalue weighted by molar-refractivity contribution is 0.571. The summed E-state index contributed by atoms with van der Waals surface area (Å²) in [7, 11) is 0. The maximum atomic E-state index is 9.17. The third-order valence-corrected chi connectivity index (χ3v) is 3.40. The normalized spacial score (nSPS) is 10.4. The Morgan fingerprint density at radius 2 is 1.62 bits per heavy atom. The number of benzene rings is 1. The second-order valence-electron chi connectivity index (χ2n) is 4.54. The minimum absolute atomic E-state index is 0.0434. The quantitative estimate of drug-likeness (QED) is 0.647. The summed E-state index contributed by atoms with van der Waals surface area (Å²) in [6.45, 7) is 0. The van der Waals surface area contributed by atoms with Gasteiger partial charge in [0.25, 0.3) is 0 Å². The van der Waals surface area contributed by atoms with E-state index in [1.54, 1.807) is 42.5 Å². The van der Waals surface area contributed by atoms with Crippen LogP contribution in [-0.4, -0.2) is 0 Å². The Kier molecular flexibility index (Phi) is 5.30. The summed E-state index contributed by atoms with van der Waals surface area (Å²) in [6.07, 6.45) is 1.35. The molecular formula is C17H8Cl2N4O. The summed E-state index contributed by atoms with van der Waals surface area (Å²) in [5, 5.41) is 27.7. The van der Waals surface area contributed by atoms with Gasteiger partial charge in [-0.1, -0.05) is 23.2 Å². The third kappa shape index (κ3) is 3.77. The highest BCUT2D eigenvalue weighted by Crippen LogP contribution is 2.29. The molecule has 0 spiro atoms. The number of rotatable bonds is 3. The van der Waals surface area contributed by atoms with Crippen molar-refractivity contribution in [1.29, 1.82) is 15.8 Å². The van der Waals surface area contributed by atoms with Crippen molar-refractivity contribution in [2.45, 2.75) is 0 Å². The van der Waals surface area contributed by atoms with E-state index in [0.29, 0.717) is 27.1 Å². The van der Waals surface area contributed by atoms with E-state index in [2.05, 4.69) is 0 Å². The fraction of sp³-hybridized carbons (Fsp3) is 0. The zero-order chi connectivity index (χ0) is 17.7. The van der Waals surface area contributed by atoms with Crippen LogP contribution in [0.1, 0.15) is 5.76 Å². The van der Waals surface area contributed by atoms with Crippen LogP contribution in [0, 0.1) is 34.0 Å². The van der Waals surface area contributed by atoms with Crippen molar-refractivity contribution in [3.05, 3.63) is 63.0 Å². The molecule has 0 aliphatic heterocycles. The van der Waals surface area contributed by atoms with Gasteiger partial charge in [0.15, 0.2) is 5.57 Å². The summed E-state index contributed by atoms with van der Waals surface area (Å²) in [5.41, 5.74) is 5.75. The Hall–Kier alpha value is -3.17. The molecule has 0 unspecified atom stereocenters. The van der Waals surface area contributed by atoms with Crippen LogP contribution in [-0.2, 0) is 0 Å². The molecule has 0 aliphatic rings. The van der Waals surface area contributed by atoms with E-state index in [0.717, 1.165) is 0 Å². The minimum Gasteiger partial charge on any atom is -0.457 e. The van der Waals surface area contributed by atoms with Gasteiger partial charge in [-0.25, -0.2) is 0 Å². The lowest BCUT2D eigenvalue weighted by Gasteiger charge is -2.00. The molecule has 7 heteroatoms. The largest absolute Gasteiger partial charge is 0.457 e. The molecule has 5 nitrogen and oxygen atoms in total. The van der Waals surface area contributed by atoms with Gasteiger partial charge in [-0.05, 0) is 30.3 Å². The monoisotopic (exact) mass is 354 g/mol. The molecule has 0 aliphatic carbocycles. The van der Waals surface area contributed by atoms with Crippen molar-refractivity contribution in [3.8, 4) is 29.5 Å². The SMILES string of the molecule is N#CC(C#N)=C(N)/C(C#N)=C/c1ccc(-c2cc(Cl)cc(Cl)c2)o1. The molecule has 0 saturated heterocycles. The Morgan fingerprint density at radius 3 is 2.17 bits per heavy atom. The molecule has 0 bridgehead atoms. The number of nitrogens with zero attached hydrogens (tertiary/aromatic N) is 3. The number of hydrogen-bond acceptors (Lipinski definition) is 5. The fourth-order valence-corrected chi connectivity index (χ4v) is 2.40. The van der Waals surface area contributed by atoms with E-state index in [1.165, 1.54) is 6.08 Å². The van der Waals surface area contributed by atoms with Crippen LogP contribution in [0.2, 0.25) is 10.0 Å². The van der Waals surface area contributed by atoms with Crippen molar-refractivity contribution < 1.29 is 4.42 Å². The third-order valence-electron chi connectivity index (χ3n) is 2.96. The highest BCUT2D eigenvalue weighted by atomic mass is 35.5. The van der Waals surface area contributed by atoms with E-state index in [9.17, 15) is 0 Å². The molecule has 1 aromatic carbocycles. The number of halogens is 2. The topological polar surface area (TPSA) is 111 Å². The standard InChI is InChI=1S/C17H8Cl2N4O/c18-13-3-10(4-14(19)6-13)16-2-1-15(24-16)5-11(7-20)17(23)12(8-21)9-22/h1-6H,23H2/b11-5+. The van der Waals surface area contributed by atoms with Crippen molar-refractivity contribution in [3.63, 3.8) is 0 Å². The van der Waals surface area contributed by atoms with Crippen LogP contribution < -0.4 is 5.73 Å². The minimum atomic E-state index is -0.337. The zero-order valence-electron chi connectivity index (χ0n) is 12.0. The lowest BCUT2D eigenvalue weighted by Crippen LogP contribution is -2.03. The molecule has 1 heterocycles. The molecule has 2 aromatic rings. The smallest absolute Gasteiger partial charge is 0.153 e. The van der Waals surface area contributed by atoms with Gasteiger partial charge in [0.1, 0.15) is 29.7 Å². The first-order valence-electron chi connectivity index (χ1n) is 6.47. The first-order valence-corrected chi connectivity index (χ1v) is 7.22. The molecule has 0 radical (unpaired) electrons. The maximum absolute atomic E-state index is 9.17. The Morgan fingerprint density at radius 1 is 1.00 bits per heavy atom. The first-order chi connectivity index (χ1) is 11.5. The first kappa shape index (κ1) is 17.2. The fourth-order valence-electron chi connectivity index (χ4n) is 1.87. The van der Waals surface area contributed by atoms with E-state index >= 15 is 0 Å². The van der Waals surface area contributed by atoms with Crippen LogP contribution in [0.4, 0.5) is 0 Å². The predicted octanol–water partition coefficient (Wildman–Crippen LogP) is 4.42.